The number of nitrogens with zero attached hydrogens (tertiary/aromatic N) is 2. The minimum atomic E-state index is 0.775. The zero-order valence-corrected chi connectivity index (χ0v) is 11.7. The van der Waals surface area contributed by atoms with Gasteiger partial charge in [-0.15, -0.1) is 0 Å². The van der Waals surface area contributed by atoms with E-state index in [4.69, 9.17) is 0 Å². The van der Waals surface area contributed by atoms with Crippen molar-refractivity contribution in [3.8, 4) is 6.07 Å². The van der Waals surface area contributed by atoms with Crippen molar-refractivity contribution in [2.24, 2.45) is 5.92 Å². The van der Waals surface area contributed by atoms with Crippen LogP contribution in [0.1, 0.15) is 31.7 Å². The maximum absolute atomic E-state index is 9.17. The summed E-state index contributed by atoms with van der Waals surface area (Å²) < 4.78 is 0.974. The van der Waals surface area contributed by atoms with E-state index in [0.717, 1.165) is 34.7 Å². The van der Waals surface area contributed by atoms with Crippen LogP contribution in [-0.2, 0) is 0 Å². The molecule has 0 N–H and O–H groups in total. The molecule has 1 aromatic rings. The van der Waals surface area contributed by atoms with E-state index in [9.17, 15) is 5.26 Å². The van der Waals surface area contributed by atoms with E-state index in [1.54, 1.807) is 0 Å². The molecule has 90 valence electrons. The Morgan fingerprint density at radius 1 is 1.53 bits per heavy atom. The van der Waals surface area contributed by atoms with Crippen LogP contribution in [0.4, 0.5) is 5.69 Å². The molecule has 1 heterocycles. The third kappa shape index (κ3) is 2.81. The Hall–Kier alpha value is -1.01. The molecule has 0 saturated carbocycles. The third-order valence-electron chi connectivity index (χ3n) is 3.40. The summed E-state index contributed by atoms with van der Waals surface area (Å²) in [6.45, 7) is 4.42. The van der Waals surface area contributed by atoms with Gasteiger partial charge in [-0.3, -0.25) is 0 Å². The highest BCUT2D eigenvalue weighted by molar-refractivity contribution is 9.10. The molecule has 1 aliphatic rings. The standard InChI is InChI=1S/C14H17BrN2/c1-2-3-11-6-7-17(10-11)14-5-4-13(15)8-12(14)9-16/h4-5,8,11H,2-3,6-7,10H2,1H3. The second kappa shape index (κ2) is 5.55. The molecule has 2 nitrogen and oxygen atoms in total. The Kier molecular flexibility index (Phi) is 4.06. The minimum Gasteiger partial charge on any atom is -0.370 e. The second-order valence-electron chi connectivity index (χ2n) is 4.66. The molecule has 0 bridgehead atoms. The number of rotatable bonds is 3. The van der Waals surface area contributed by atoms with Crippen LogP contribution < -0.4 is 4.90 Å². The van der Waals surface area contributed by atoms with Crippen LogP contribution in [0.25, 0.3) is 0 Å². The fourth-order valence-electron chi connectivity index (χ4n) is 2.57. The molecule has 1 aromatic carbocycles. The van der Waals surface area contributed by atoms with Crippen LogP contribution in [0.5, 0.6) is 0 Å². The maximum Gasteiger partial charge on any atom is 0.101 e. The van der Waals surface area contributed by atoms with Gasteiger partial charge in [0.15, 0.2) is 0 Å². The molecule has 17 heavy (non-hydrogen) atoms. The summed E-state index contributed by atoms with van der Waals surface area (Å²) >= 11 is 3.41. The molecule has 1 atom stereocenters. The zero-order chi connectivity index (χ0) is 12.3. The van der Waals surface area contributed by atoms with E-state index in [0.29, 0.717) is 0 Å². The van der Waals surface area contributed by atoms with Crippen LogP contribution in [-0.4, -0.2) is 13.1 Å². The summed E-state index contributed by atoms with van der Waals surface area (Å²) in [6.07, 6.45) is 3.81. The highest BCUT2D eigenvalue weighted by Crippen LogP contribution is 2.30. The first-order valence-electron chi connectivity index (χ1n) is 6.19. The van der Waals surface area contributed by atoms with Gasteiger partial charge in [0.1, 0.15) is 6.07 Å². The Labute approximate surface area is 111 Å². The first-order chi connectivity index (χ1) is 8.24. The first kappa shape index (κ1) is 12.4. The molecular weight excluding hydrogens is 276 g/mol. The van der Waals surface area contributed by atoms with E-state index >= 15 is 0 Å². The van der Waals surface area contributed by atoms with E-state index in [1.807, 2.05) is 12.1 Å². The van der Waals surface area contributed by atoms with Gasteiger partial charge in [0, 0.05) is 17.6 Å². The van der Waals surface area contributed by atoms with E-state index in [1.165, 1.54) is 19.3 Å². The van der Waals surface area contributed by atoms with Crippen molar-refractivity contribution < 1.29 is 0 Å². The quantitative estimate of drug-likeness (QED) is 0.843. The van der Waals surface area contributed by atoms with Crippen molar-refractivity contribution in [3.05, 3.63) is 28.2 Å². The molecule has 1 fully saturated rings. The smallest absolute Gasteiger partial charge is 0.101 e. The monoisotopic (exact) mass is 292 g/mol. The van der Waals surface area contributed by atoms with Gasteiger partial charge in [-0.2, -0.15) is 5.26 Å². The Balaban J connectivity index is 2.16. The Bertz CT molecular complexity index is 436. The summed E-state index contributed by atoms with van der Waals surface area (Å²) in [6, 6.07) is 8.26. The highest BCUT2D eigenvalue weighted by atomic mass is 79.9. The van der Waals surface area contributed by atoms with Crippen LogP contribution in [0, 0.1) is 17.2 Å². The van der Waals surface area contributed by atoms with Gasteiger partial charge in [-0.25, -0.2) is 0 Å². The number of anilines is 1. The predicted molar refractivity (Wildman–Crippen MR) is 74.1 cm³/mol. The van der Waals surface area contributed by atoms with Gasteiger partial charge in [0.2, 0.25) is 0 Å². The summed E-state index contributed by atoms with van der Waals surface area (Å²) in [4.78, 5) is 2.35. The lowest BCUT2D eigenvalue weighted by molar-refractivity contribution is 0.530. The normalized spacial score (nSPS) is 19.4. The molecule has 0 aliphatic carbocycles. The number of hydrogen-bond acceptors (Lipinski definition) is 2. The molecule has 0 spiro atoms. The van der Waals surface area contributed by atoms with Crippen molar-refractivity contribution >= 4 is 21.6 Å². The predicted octanol–water partition coefficient (Wildman–Crippen LogP) is 3.95. The first-order valence-corrected chi connectivity index (χ1v) is 6.98. The number of benzene rings is 1. The average Bonchev–Trinajstić information content (AvgIpc) is 2.78. The lowest BCUT2D eigenvalue weighted by Crippen LogP contribution is -2.20. The molecule has 1 aliphatic heterocycles. The Morgan fingerprint density at radius 3 is 3.06 bits per heavy atom. The lowest BCUT2D eigenvalue weighted by atomic mass is 10.0. The van der Waals surface area contributed by atoms with Crippen molar-refractivity contribution in [3.63, 3.8) is 0 Å². The SMILES string of the molecule is CCCC1CCN(c2ccc(Br)cc2C#N)C1. The van der Waals surface area contributed by atoms with Gasteiger partial charge < -0.3 is 4.90 Å². The van der Waals surface area contributed by atoms with E-state index in [-0.39, 0.29) is 0 Å². The van der Waals surface area contributed by atoms with Crippen molar-refractivity contribution in [1.29, 1.82) is 5.26 Å². The van der Waals surface area contributed by atoms with Crippen LogP contribution in [0.3, 0.4) is 0 Å². The van der Waals surface area contributed by atoms with Crippen LogP contribution in [0.15, 0.2) is 22.7 Å². The summed E-state index contributed by atoms with van der Waals surface area (Å²) in [5, 5.41) is 9.17. The van der Waals surface area contributed by atoms with Crippen molar-refractivity contribution in [2.75, 3.05) is 18.0 Å². The van der Waals surface area contributed by atoms with Gasteiger partial charge >= 0.3 is 0 Å². The van der Waals surface area contributed by atoms with Crippen LogP contribution >= 0.6 is 15.9 Å². The highest BCUT2D eigenvalue weighted by Gasteiger charge is 2.23. The average molecular weight is 293 g/mol. The maximum atomic E-state index is 9.17. The largest absolute Gasteiger partial charge is 0.370 e. The van der Waals surface area contributed by atoms with Gasteiger partial charge in [0.25, 0.3) is 0 Å². The second-order valence-corrected chi connectivity index (χ2v) is 5.58. The molecule has 2 rings (SSSR count). The van der Waals surface area contributed by atoms with Gasteiger partial charge in [0.05, 0.1) is 11.3 Å². The van der Waals surface area contributed by atoms with E-state index < -0.39 is 0 Å². The summed E-state index contributed by atoms with van der Waals surface area (Å²) in [7, 11) is 0. The molecule has 1 unspecified atom stereocenters. The summed E-state index contributed by atoms with van der Waals surface area (Å²) in [5.41, 5.74) is 1.87. The van der Waals surface area contributed by atoms with E-state index in [2.05, 4.69) is 39.9 Å². The zero-order valence-electron chi connectivity index (χ0n) is 10.1. The van der Waals surface area contributed by atoms with Crippen LogP contribution in [0.2, 0.25) is 0 Å². The topological polar surface area (TPSA) is 27.0 Å². The fraction of sp³-hybridized carbons (Fsp3) is 0.500. The third-order valence-corrected chi connectivity index (χ3v) is 3.90. The number of nitriles is 1. The number of hydrogen-bond donors (Lipinski definition) is 0. The lowest BCUT2D eigenvalue weighted by Gasteiger charge is -2.20. The fourth-order valence-corrected chi connectivity index (χ4v) is 2.93. The van der Waals surface area contributed by atoms with Gasteiger partial charge in [-0.1, -0.05) is 29.3 Å². The van der Waals surface area contributed by atoms with Gasteiger partial charge in [-0.05, 0) is 37.0 Å². The molecular formula is C14H17BrN2. The molecule has 1 saturated heterocycles. The van der Waals surface area contributed by atoms with Crippen molar-refractivity contribution in [2.45, 2.75) is 26.2 Å². The van der Waals surface area contributed by atoms with Crippen molar-refractivity contribution in [1.82, 2.24) is 0 Å². The molecule has 3 heteroatoms. The Morgan fingerprint density at radius 2 is 2.35 bits per heavy atom. The number of halogens is 1. The molecule has 0 amide bonds. The molecule has 0 aromatic heterocycles. The summed E-state index contributed by atoms with van der Waals surface area (Å²) in [5.74, 6) is 0.801. The molecule has 0 radical (unpaired) electrons. The minimum absolute atomic E-state index is 0.775.